The molecule has 1 aromatic carbocycles. The summed E-state index contributed by atoms with van der Waals surface area (Å²) < 4.78 is 26.8. The van der Waals surface area contributed by atoms with E-state index in [4.69, 9.17) is 5.84 Å². The Kier molecular flexibility index (Phi) is 5.01. The Labute approximate surface area is 115 Å². The summed E-state index contributed by atoms with van der Waals surface area (Å²) in [5.74, 6) is 4.57. The van der Waals surface area contributed by atoms with Gasteiger partial charge in [-0.25, -0.2) is 8.78 Å². The van der Waals surface area contributed by atoms with Crippen molar-refractivity contribution in [2.24, 2.45) is 5.84 Å². The average molecular weight is 282 g/mol. The molecule has 0 aliphatic rings. The van der Waals surface area contributed by atoms with Crippen LogP contribution in [0.5, 0.6) is 0 Å². The van der Waals surface area contributed by atoms with Gasteiger partial charge in [-0.15, -0.1) is 11.3 Å². The molecule has 0 amide bonds. The van der Waals surface area contributed by atoms with E-state index in [2.05, 4.69) is 11.5 Å². The lowest BCUT2D eigenvalue weighted by Gasteiger charge is -2.16. The summed E-state index contributed by atoms with van der Waals surface area (Å²) in [7, 11) is 0. The molecule has 102 valence electrons. The van der Waals surface area contributed by atoms with Crippen LogP contribution in [-0.4, -0.2) is 0 Å². The van der Waals surface area contributed by atoms with Crippen molar-refractivity contribution in [2.45, 2.75) is 25.3 Å². The van der Waals surface area contributed by atoms with Crippen molar-refractivity contribution in [3.05, 3.63) is 57.8 Å². The second-order valence-corrected chi connectivity index (χ2v) is 5.39. The number of benzene rings is 1. The summed E-state index contributed by atoms with van der Waals surface area (Å²) in [6, 6.07) is 7.15. The van der Waals surface area contributed by atoms with Gasteiger partial charge in [0.25, 0.3) is 0 Å². The maximum absolute atomic E-state index is 13.6. The first-order chi connectivity index (χ1) is 9.20. The minimum absolute atomic E-state index is 0.286. The maximum atomic E-state index is 13.6. The van der Waals surface area contributed by atoms with E-state index >= 15 is 0 Å². The van der Waals surface area contributed by atoms with Crippen LogP contribution in [-0.2, 0) is 6.42 Å². The molecule has 2 aromatic rings. The van der Waals surface area contributed by atoms with Gasteiger partial charge in [-0.3, -0.25) is 11.3 Å². The topological polar surface area (TPSA) is 38.0 Å². The Morgan fingerprint density at radius 2 is 2.11 bits per heavy atom. The van der Waals surface area contributed by atoms with Gasteiger partial charge in [-0.2, -0.15) is 0 Å². The second kappa shape index (κ2) is 6.75. The zero-order valence-electron chi connectivity index (χ0n) is 10.4. The third-order valence-electron chi connectivity index (χ3n) is 3.03. The Bertz CT molecular complexity index is 514. The van der Waals surface area contributed by atoms with Crippen molar-refractivity contribution in [2.75, 3.05) is 0 Å². The molecular weight excluding hydrogens is 266 g/mol. The average Bonchev–Trinajstić information content (AvgIpc) is 2.91. The van der Waals surface area contributed by atoms with E-state index in [1.165, 1.54) is 10.9 Å². The van der Waals surface area contributed by atoms with Crippen LogP contribution in [0.15, 0.2) is 35.7 Å². The molecule has 1 unspecified atom stereocenters. The number of hydrogen-bond acceptors (Lipinski definition) is 3. The van der Waals surface area contributed by atoms with Crippen molar-refractivity contribution < 1.29 is 8.78 Å². The molecule has 0 fully saturated rings. The van der Waals surface area contributed by atoms with Gasteiger partial charge in [0.15, 0.2) is 0 Å². The van der Waals surface area contributed by atoms with Crippen LogP contribution in [0.3, 0.4) is 0 Å². The van der Waals surface area contributed by atoms with Gasteiger partial charge >= 0.3 is 0 Å². The smallest absolute Gasteiger partial charge is 0.128 e. The van der Waals surface area contributed by atoms with Crippen molar-refractivity contribution in [1.82, 2.24) is 5.43 Å². The maximum Gasteiger partial charge on any atom is 0.128 e. The van der Waals surface area contributed by atoms with E-state index in [9.17, 15) is 8.78 Å². The molecule has 0 saturated heterocycles. The second-order valence-electron chi connectivity index (χ2n) is 4.36. The van der Waals surface area contributed by atoms with Crippen LogP contribution in [0.1, 0.15) is 29.3 Å². The standard InChI is InChI=1S/C14H16F2N2S/c15-10-6-7-13(16)12(9-10)14(18-17)5-1-3-11-4-2-8-19-11/h2,4,6-9,14,18H,1,3,5,17H2. The van der Waals surface area contributed by atoms with Gasteiger partial charge in [0.1, 0.15) is 11.6 Å². The first kappa shape index (κ1) is 14.1. The van der Waals surface area contributed by atoms with Crippen molar-refractivity contribution >= 4 is 11.3 Å². The van der Waals surface area contributed by atoms with Crippen LogP contribution in [0, 0.1) is 11.6 Å². The highest BCUT2D eigenvalue weighted by atomic mass is 32.1. The van der Waals surface area contributed by atoms with E-state index in [0.717, 1.165) is 25.0 Å². The van der Waals surface area contributed by atoms with Crippen LogP contribution in [0.4, 0.5) is 8.78 Å². The third-order valence-corrected chi connectivity index (χ3v) is 3.97. The Balaban J connectivity index is 1.97. The van der Waals surface area contributed by atoms with Gasteiger partial charge in [0, 0.05) is 16.5 Å². The first-order valence-electron chi connectivity index (χ1n) is 6.14. The molecular formula is C14H16F2N2S. The number of aryl methyl sites for hydroxylation is 1. The lowest BCUT2D eigenvalue weighted by molar-refractivity contribution is 0.468. The number of halogens is 2. The SMILES string of the molecule is NNC(CCCc1cccs1)c1cc(F)ccc1F. The minimum Gasteiger partial charge on any atom is -0.271 e. The number of thiophene rings is 1. The minimum atomic E-state index is -0.449. The zero-order valence-corrected chi connectivity index (χ0v) is 11.2. The third kappa shape index (κ3) is 3.83. The summed E-state index contributed by atoms with van der Waals surface area (Å²) in [6.07, 6.45) is 2.45. The Hall–Kier alpha value is -1.30. The van der Waals surface area contributed by atoms with Crippen LogP contribution < -0.4 is 11.3 Å². The molecule has 1 atom stereocenters. The fraction of sp³-hybridized carbons (Fsp3) is 0.286. The van der Waals surface area contributed by atoms with Crippen LogP contribution >= 0.6 is 11.3 Å². The van der Waals surface area contributed by atoms with E-state index in [1.54, 1.807) is 11.3 Å². The Morgan fingerprint density at radius 1 is 1.26 bits per heavy atom. The van der Waals surface area contributed by atoms with E-state index in [-0.39, 0.29) is 11.6 Å². The normalized spacial score (nSPS) is 12.6. The van der Waals surface area contributed by atoms with Crippen molar-refractivity contribution in [1.29, 1.82) is 0 Å². The largest absolute Gasteiger partial charge is 0.271 e. The molecule has 0 bridgehead atoms. The number of hydrazine groups is 1. The Morgan fingerprint density at radius 3 is 2.79 bits per heavy atom. The van der Waals surface area contributed by atoms with Gasteiger partial charge in [0.05, 0.1) is 0 Å². The summed E-state index contributed by atoms with van der Waals surface area (Å²) in [4.78, 5) is 1.29. The van der Waals surface area contributed by atoms with Crippen LogP contribution in [0.25, 0.3) is 0 Å². The number of rotatable bonds is 6. The fourth-order valence-electron chi connectivity index (χ4n) is 2.05. The fourth-order valence-corrected chi connectivity index (χ4v) is 2.80. The van der Waals surface area contributed by atoms with Crippen molar-refractivity contribution in [3.63, 3.8) is 0 Å². The molecule has 2 nitrogen and oxygen atoms in total. The molecule has 0 saturated carbocycles. The molecule has 0 spiro atoms. The van der Waals surface area contributed by atoms with Gasteiger partial charge < -0.3 is 0 Å². The number of nitrogens with one attached hydrogen (secondary N) is 1. The number of nitrogens with two attached hydrogens (primary N) is 1. The summed E-state index contributed by atoms with van der Waals surface area (Å²) in [5.41, 5.74) is 2.85. The highest BCUT2D eigenvalue weighted by Gasteiger charge is 2.15. The highest BCUT2D eigenvalue weighted by molar-refractivity contribution is 7.09. The summed E-state index contributed by atoms with van der Waals surface area (Å²) in [5, 5.41) is 2.03. The number of hydrogen-bond donors (Lipinski definition) is 2. The van der Waals surface area contributed by atoms with E-state index < -0.39 is 11.6 Å². The predicted octanol–water partition coefficient (Wildman–Crippen LogP) is 3.55. The van der Waals surface area contributed by atoms with Gasteiger partial charge in [0.2, 0.25) is 0 Å². The predicted molar refractivity (Wildman–Crippen MR) is 73.7 cm³/mol. The molecule has 2 rings (SSSR count). The molecule has 3 N–H and O–H groups in total. The molecule has 0 radical (unpaired) electrons. The van der Waals surface area contributed by atoms with E-state index in [1.807, 2.05) is 11.4 Å². The molecule has 5 heteroatoms. The monoisotopic (exact) mass is 282 g/mol. The lowest BCUT2D eigenvalue weighted by atomic mass is 10.0. The molecule has 19 heavy (non-hydrogen) atoms. The van der Waals surface area contributed by atoms with E-state index in [0.29, 0.717) is 6.42 Å². The van der Waals surface area contributed by atoms with Gasteiger partial charge in [-0.05, 0) is 48.9 Å². The zero-order chi connectivity index (χ0) is 13.7. The molecule has 1 aromatic heterocycles. The lowest BCUT2D eigenvalue weighted by Crippen LogP contribution is -2.28. The van der Waals surface area contributed by atoms with Gasteiger partial charge in [-0.1, -0.05) is 6.07 Å². The summed E-state index contributed by atoms with van der Waals surface area (Å²) >= 11 is 1.70. The van der Waals surface area contributed by atoms with Crippen LogP contribution in [0.2, 0.25) is 0 Å². The first-order valence-corrected chi connectivity index (χ1v) is 7.02. The van der Waals surface area contributed by atoms with Crippen molar-refractivity contribution in [3.8, 4) is 0 Å². The molecule has 1 heterocycles. The highest BCUT2D eigenvalue weighted by Crippen LogP contribution is 2.23. The molecule has 0 aliphatic carbocycles. The summed E-state index contributed by atoms with van der Waals surface area (Å²) in [6.45, 7) is 0. The quantitative estimate of drug-likeness (QED) is 0.628. The molecule has 0 aliphatic heterocycles.